The summed E-state index contributed by atoms with van der Waals surface area (Å²) in [5, 5.41) is 13.4. The molecule has 1 N–H and O–H groups in total. The van der Waals surface area contributed by atoms with Crippen LogP contribution in [0.2, 0.25) is 0 Å². The molecule has 2 heterocycles. The van der Waals surface area contributed by atoms with Crippen molar-refractivity contribution < 1.29 is 18.7 Å². The molecule has 8 heteroatoms. The van der Waals surface area contributed by atoms with Crippen LogP contribution in [-0.2, 0) is 28.0 Å². The van der Waals surface area contributed by atoms with Gasteiger partial charge in [0.15, 0.2) is 5.54 Å². The zero-order valence-corrected chi connectivity index (χ0v) is 22.8. The third-order valence-electron chi connectivity index (χ3n) is 6.89. The van der Waals surface area contributed by atoms with Crippen molar-refractivity contribution in [1.82, 2.24) is 5.32 Å². The summed E-state index contributed by atoms with van der Waals surface area (Å²) in [6.07, 6.45) is -0.957. The van der Waals surface area contributed by atoms with Crippen LogP contribution in [0.3, 0.4) is 0 Å². The van der Waals surface area contributed by atoms with E-state index in [-0.39, 0.29) is 24.1 Å². The number of rotatable bonds is 5. The van der Waals surface area contributed by atoms with Crippen molar-refractivity contribution in [3.05, 3.63) is 111 Å². The number of benzene rings is 3. The van der Waals surface area contributed by atoms with E-state index in [4.69, 9.17) is 9.15 Å². The van der Waals surface area contributed by atoms with Crippen LogP contribution < -0.4 is 15.8 Å². The van der Waals surface area contributed by atoms with Crippen molar-refractivity contribution in [2.24, 2.45) is 0 Å². The first-order valence-electron chi connectivity index (χ1n) is 13.0. The molecule has 1 atom stereocenters. The number of para-hydroxylation sites is 1. The van der Waals surface area contributed by atoms with Crippen molar-refractivity contribution in [1.29, 1.82) is 5.26 Å². The molecule has 0 radical (unpaired) electrons. The first-order chi connectivity index (χ1) is 19.0. The smallest absolute Gasteiger partial charge is 0.408 e. The minimum atomic E-state index is -1.66. The second-order valence-electron chi connectivity index (χ2n) is 11.0. The Hall–Kier alpha value is -4.90. The van der Waals surface area contributed by atoms with Crippen LogP contribution in [-0.4, -0.2) is 17.6 Å². The zero-order valence-electron chi connectivity index (χ0n) is 22.8. The number of nitriles is 1. The van der Waals surface area contributed by atoms with Crippen molar-refractivity contribution >= 4 is 28.7 Å². The van der Waals surface area contributed by atoms with Gasteiger partial charge in [0.2, 0.25) is 0 Å². The first kappa shape index (κ1) is 26.7. The number of nitrogens with one attached hydrogen (secondary N) is 1. The van der Waals surface area contributed by atoms with E-state index in [0.717, 1.165) is 11.1 Å². The number of carbonyl (C=O) groups is 2. The Morgan fingerprint density at radius 1 is 1.05 bits per heavy atom. The van der Waals surface area contributed by atoms with E-state index in [9.17, 15) is 19.6 Å². The highest BCUT2D eigenvalue weighted by molar-refractivity contribution is 6.09. The van der Waals surface area contributed by atoms with Gasteiger partial charge in [0.25, 0.3) is 5.91 Å². The van der Waals surface area contributed by atoms with E-state index < -0.39 is 28.8 Å². The minimum Gasteiger partial charge on any atom is -0.444 e. The first-order valence-corrected chi connectivity index (χ1v) is 13.0. The molecule has 0 bridgehead atoms. The summed E-state index contributed by atoms with van der Waals surface area (Å²) in [5.41, 5.74) is 0.0398. The van der Waals surface area contributed by atoms with Gasteiger partial charge in [-0.15, -0.1) is 0 Å². The van der Waals surface area contributed by atoms with Crippen LogP contribution in [0.5, 0.6) is 0 Å². The fourth-order valence-corrected chi connectivity index (χ4v) is 5.20. The molecule has 4 aromatic rings. The van der Waals surface area contributed by atoms with Gasteiger partial charge < -0.3 is 19.4 Å². The van der Waals surface area contributed by atoms with Gasteiger partial charge in [-0.05, 0) is 57.0 Å². The van der Waals surface area contributed by atoms with Crippen LogP contribution in [0.4, 0.5) is 10.5 Å². The third-order valence-corrected chi connectivity index (χ3v) is 6.89. The van der Waals surface area contributed by atoms with E-state index in [2.05, 4.69) is 5.32 Å². The van der Waals surface area contributed by atoms with Gasteiger partial charge in [-0.25, -0.2) is 9.59 Å². The van der Waals surface area contributed by atoms with Crippen LogP contribution in [0.25, 0.3) is 11.0 Å². The molecule has 1 aliphatic rings. The van der Waals surface area contributed by atoms with Crippen LogP contribution in [0.1, 0.15) is 48.6 Å². The van der Waals surface area contributed by atoms with Gasteiger partial charge in [0, 0.05) is 17.4 Å². The van der Waals surface area contributed by atoms with Gasteiger partial charge in [-0.1, -0.05) is 60.2 Å². The SMILES string of the molecule is Cc1ccc2oc(=O)c(C#N)c(C[C@]3(NC(=O)OC(C)(C)C)C(=O)N(Cc4ccccc4)c4ccccc43)c2c1. The Labute approximate surface area is 231 Å². The molecule has 0 saturated heterocycles. The molecule has 1 aliphatic heterocycles. The quantitative estimate of drug-likeness (QED) is 0.339. The molecular formula is C32H29N3O5. The van der Waals surface area contributed by atoms with Gasteiger partial charge >= 0.3 is 11.7 Å². The monoisotopic (exact) mass is 535 g/mol. The summed E-state index contributed by atoms with van der Waals surface area (Å²) >= 11 is 0. The van der Waals surface area contributed by atoms with Crippen molar-refractivity contribution in [2.75, 3.05) is 4.90 Å². The predicted molar refractivity (Wildman–Crippen MR) is 151 cm³/mol. The maximum absolute atomic E-state index is 14.6. The fraction of sp³-hybridized carbons (Fsp3) is 0.250. The molecule has 0 saturated carbocycles. The number of carbonyl (C=O) groups excluding carboxylic acids is 2. The van der Waals surface area contributed by atoms with Crippen molar-refractivity contribution in [3.63, 3.8) is 0 Å². The number of nitrogens with zero attached hydrogens (tertiary/aromatic N) is 2. The molecule has 1 aromatic heterocycles. The Kier molecular flexibility index (Phi) is 6.68. The molecule has 202 valence electrons. The highest BCUT2D eigenvalue weighted by Crippen LogP contribution is 2.44. The minimum absolute atomic E-state index is 0.165. The Bertz CT molecular complexity index is 1730. The standard InChI is InChI=1S/C32H29N3O5/c1-20-14-15-27-22(16-20)23(24(18-33)28(36)39-27)17-32(34-30(38)40-31(2,3)4)25-12-8-9-13-26(25)35(29(32)37)19-21-10-6-5-7-11-21/h5-16H,17,19H2,1-4H3,(H,34,38)/t32-/m1/s1. The molecule has 8 nitrogen and oxygen atoms in total. The summed E-state index contributed by atoms with van der Waals surface area (Å²) in [4.78, 5) is 42.4. The van der Waals surface area contributed by atoms with Gasteiger partial charge in [-0.3, -0.25) is 4.79 Å². The highest BCUT2D eigenvalue weighted by atomic mass is 16.6. The van der Waals surface area contributed by atoms with Crippen LogP contribution in [0.15, 0.2) is 82.0 Å². The number of alkyl carbamates (subject to hydrolysis) is 1. The maximum Gasteiger partial charge on any atom is 0.408 e. The number of amides is 2. The highest BCUT2D eigenvalue weighted by Gasteiger charge is 2.53. The van der Waals surface area contributed by atoms with Gasteiger partial charge in [-0.2, -0.15) is 5.26 Å². The second kappa shape index (κ2) is 10.0. The summed E-state index contributed by atoms with van der Waals surface area (Å²) in [6.45, 7) is 7.34. The predicted octanol–water partition coefficient (Wildman–Crippen LogP) is 5.48. The number of anilines is 1. The van der Waals surface area contributed by atoms with Crippen LogP contribution in [0, 0.1) is 18.3 Å². The summed E-state index contributed by atoms with van der Waals surface area (Å²) in [5.74, 6) is -0.402. The van der Waals surface area contributed by atoms with Gasteiger partial charge in [0.05, 0.1) is 12.2 Å². The Morgan fingerprint density at radius 2 is 1.75 bits per heavy atom. The summed E-state index contributed by atoms with van der Waals surface area (Å²) < 4.78 is 11.0. The Morgan fingerprint density at radius 3 is 2.45 bits per heavy atom. The topological polar surface area (TPSA) is 113 Å². The normalized spacial score (nSPS) is 16.5. The maximum atomic E-state index is 14.6. The van der Waals surface area contributed by atoms with E-state index in [0.29, 0.717) is 22.2 Å². The lowest BCUT2D eigenvalue weighted by Crippen LogP contribution is -2.55. The molecule has 5 rings (SSSR count). The van der Waals surface area contributed by atoms with E-state index >= 15 is 0 Å². The van der Waals surface area contributed by atoms with Crippen molar-refractivity contribution in [3.8, 4) is 6.07 Å². The summed E-state index contributed by atoms with van der Waals surface area (Å²) in [7, 11) is 0. The van der Waals surface area contributed by atoms with Crippen LogP contribution >= 0.6 is 0 Å². The fourth-order valence-electron chi connectivity index (χ4n) is 5.20. The van der Waals surface area contributed by atoms with E-state index in [1.165, 1.54) is 0 Å². The summed E-state index contributed by atoms with van der Waals surface area (Å²) in [6, 6.07) is 24.0. The third kappa shape index (κ3) is 4.82. The Balaban J connectivity index is 1.74. The molecule has 2 amide bonds. The van der Waals surface area contributed by atoms with Crippen molar-refractivity contribution in [2.45, 2.75) is 51.8 Å². The lowest BCUT2D eigenvalue weighted by molar-refractivity contribution is -0.124. The number of hydrogen-bond donors (Lipinski definition) is 1. The molecule has 40 heavy (non-hydrogen) atoms. The lowest BCUT2D eigenvalue weighted by Gasteiger charge is -2.32. The zero-order chi connectivity index (χ0) is 28.7. The molecule has 3 aromatic carbocycles. The van der Waals surface area contributed by atoms with E-state index in [1.807, 2.05) is 61.5 Å². The molecular weight excluding hydrogens is 506 g/mol. The largest absolute Gasteiger partial charge is 0.444 e. The molecule has 0 spiro atoms. The molecule has 0 fully saturated rings. The van der Waals surface area contributed by atoms with E-state index in [1.54, 1.807) is 49.9 Å². The number of aryl methyl sites for hydroxylation is 1. The molecule has 0 unspecified atom stereocenters. The second-order valence-corrected chi connectivity index (χ2v) is 11.0. The number of fused-ring (bicyclic) bond motifs is 2. The molecule has 0 aliphatic carbocycles. The van der Waals surface area contributed by atoms with Gasteiger partial charge in [0.1, 0.15) is 22.8 Å². The number of ether oxygens (including phenoxy) is 1. The lowest BCUT2D eigenvalue weighted by atomic mass is 9.82. The average molecular weight is 536 g/mol. The average Bonchev–Trinajstić information content (AvgIpc) is 3.11. The number of hydrogen-bond acceptors (Lipinski definition) is 6.